The van der Waals surface area contributed by atoms with Crippen LogP contribution in [0.3, 0.4) is 0 Å². The van der Waals surface area contributed by atoms with Crippen LogP contribution in [0.25, 0.3) is 11.0 Å². The quantitative estimate of drug-likeness (QED) is 0.818. The minimum absolute atomic E-state index is 0.333. The fourth-order valence-electron chi connectivity index (χ4n) is 1.68. The Kier molecular flexibility index (Phi) is 3.47. The molecule has 0 unspecified atom stereocenters. The second kappa shape index (κ2) is 4.87. The molecule has 0 N–H and O–H groups in total. The van der Waals surface area contributed by atoms with Gasteiger partial charge in [-0.1, -0.05) is 0 Å². The maximum Gasteiger partial charge on any atom is 0.357 e. The molecule has 0 spiro atoms. The lowest BCUT2D eigenvalue weighted by molar-refractivity contribution is 0.0520. The first-order valence-corrected chi connectivity index (χ1v) is 6.29. The Morgan fingerprint density at radius 2 is 2.29 bits per heavy atom. The summed E-state index contributed by atoms with van der Waals surface area (Å²) in [4.78, 5) is 16.0. The summed E-state index contributed by atoms with van der Waals surface area (Å²) >= 11 is 3.45. The first kappa shape index (κ1) is 12.1. The zero-order chi connectivity index (χ0) is 12.4. The van der Waals surface area contributed by atoms with E-state index >= 15 is 0 Å². The molecular formula is C12H13BrN2O2. The number of hydrogen-bond donors (Lipinski definition) is 0. The molecule has 2 heterocycles. The second-order valence-corrected chi connectivity index (χ2v) is 4.40. The lowest BCUT2D eigenvalue weighted by atomic mass is 10.3. The van der Waals surface area contributed by atoms with Gasteiger partial charge in [0.1, 0.15) is 5.65 Å². The summed E-state index contributed by atoms with van der Waals surface area (Å²) in [6.07, 6.45) is 1.96. The molecular weight excluding hydrogens is 284 g/mol. The highest BCUT2D eigenvalue weighted by atomic mass is 79.9. The number of nitrogens with zero attached hydrogens (tertiary/aromatic N) is 2. The van der Waals surface area contributed by atoms with Crippen molar-refractivity contribution in [1.29, 1.82) is 0 Å². The summed E-state index contributed by atoms with van der Waals surface area (Å²) in [6.45, 7) is 4.98. The van der Waals surface area contributed by atoms with Crippen molar-refractivity contribution in [3.8, 4) is 0 Å². The Hall–Kier alpha value is -1.36. The highest BCUT2D eigenvalue weighted by molar-refractivity contribution is 9.10. The Morgan fingerprint density at radius 1 is 1.53 bits per heavy atom. The van der Waals surface area contributed by atoms with Crippen molar-refractivity contribution >= 4 is 32.9 Å². The van der Waals surface area contributed by atoms with E-state index in [1.165, 1.54) is 0 Å². The van der Waals surface area contributed by atoms with E-state index in [1.54, 1.807) is 13.0 Å². The third kappa shape index (κ3) is 2.20. The number of hydrogen-bond acceptors (Lipinski definition) is 3. The summed E-state index contributed by atoms with van der Waals surface area (Å²) in [5.74, 6) is -0.390. The van der Waals surface area contributed by atoms with Gasteiger partial charge < -0.3 is 9.30 Å². The maximum atomic E-state index is 11.6. The van der Waals surface area contributed by atoms with E-state index in [-0.39, 0.29) is 5.97 Å². The summed E-state index contributed by atoms with van der Waals surface area (Å²) in [5.41, 5.74) is 1.13. The molecule has 0 aromatic carbocycles. The van der Waals surface area contributed by atoms with Crippen LogP contribution in [0, 0.1) is 0 Å². The van der Waals surface area contributed by atoms with E-state index in [0.29, 0.717) is 12.3 Å². The molecule has 0 saturated heterocycles. The molecule has 0 amide bonds. The monoisotopic (exact) mass is 296 g/mol. The van der Waals surface area contributed by atoms with E-state index in [2.05, 4.69) is 20.9 Å². The molecule has 0 fully saturated rings. The summed E-state index contributed by atoms with van der Waals surface area (Å²) in [7, 11) is 0. The van der Waals surface area contributed by atoms with Gasteiger partial charge in [-0.25, -0.2) is 9.78 Å². The first-order chi connectivity index (χ1) is 8.17. The molecule has 0 aliphatic rings. The lowest BCUT2D eigenvalue weighted by Crippen LogP contribution is -2.08. The van der Waals surface area contributed by atoms with Crippen LogP contribution >= 0.6 is 15.9 Å². The number of aromatic nitrogens is 2. The predicted molar refractivity (Wildman–Crippen MR) is 69.1 cm³/mol. The van der Waals surface area contributed by atoms with Crippen LogP contribution in [-0.2, 0) is 11.3 Å². The number of aryl methyl sites for hydroxylation is 1. The van der Waals surface area contributed by atoms with Gasteiger partial charge in [0.15, 0.2) is 5.69 Å². The van der Waals surface area contributed by atoms with Gasteiger partial charge in [0.2, 0.25) is 0 Å². The van der Waals surface area contributed by atoms with Gasteiger partial charge in [-0.15, -0.1) is 0 Å². The number of esters is 1. The molecule has 0 aliphatic heterocycles. The number of ether oxygens (including phenoxy) is 1. The molecule has 0 aliphatic carbocycles. The van der Waals surface area contributed by atoms with Gasteiger partial charge in [0.05, 0.1) is 6.61 Å². The Balaban J connectivity index is 2.56. The second-order valence-electron chi connectivity index (χ2n) is 3.55. The molecule has 0 saturated carbocycles. The van der Waals surface area contributed by atoms with Crippen LogP contribution in [0.1, 0.15) is 24.3 Å². The topological polar surface area (TPSA) is 44.1 Å². The largest absolute Gasteiger partial charge is 0.461 e. The molecule has 17 heavy (non-hydrogen) atoms. The lowest BCUT2D eigenvalue weighted by Gasteiger charge is -2.05. The predicted octanol–water partition coefficient (Wildman–Crippen LogP) is 3.00. The SMILES string of the molecule is CCOC(=O)c1cc(Br)c2ccn(CC)c2n1. The molecule has 0 bridgehead atoms. The normalized spacial score (nSPS) is 10.8. The van der Waals surface area contributed by atoms with E-state index in [9.17, 15) is 4.79 Å². The number of carbonyl (C=O) groups excluding carboxylic acids is 1. The number of fused-ring (bicyclic) bond motifs is 1. The highest BCUT2D eigenvalue weighted by Crippen LogP contribution is 2.24. The van der Waals surface area contributed by atoms with Crippen LogP contribution in [-0.4, -0.2) is 22.1 Å². The molecule has 4 nitrogen and oxygen atoms in total. The Bertz CT molecular complexity index is 563. The van der Waals surface area contributed by atoms with Gasteiger partial charge in [0, 0.05) is 22.6 Å². The van der Waals surface area contributed by atoms with Gasteiger partial charge in [-0.3, -0.25) is 0 Å². The van der Waals surface area contributed by atoms with E-state index in [1.807, 2.05) is 23.8 Å². The van der Waals surface area contributed by atoms with Gasteiger partial charge >= 0.3 is 5.97 Å². The zero-order valence-corrected chi connectivity index (χ0v) is 11.3. The Labute approximate surface area is 108 Å². The molecule has 2 aromatic rings. The molecule has 2 rings (SSSR count). The smallest absolute Gasteiger partial charge is 0.357 e. The highest BCUT2D eigenvalue weighted by Gasteiger charge is 2.13. The zero-order valence-electron chi connectivity index (χ0n) is 9.74. The van der Waals surface area contributed by atoms with Crippen molar-refractivity contribution in [3.63, 3.8) is 0 Å². The number of pyridine rings is 1. The molecule has 0 radical (unpaired) electrons. The van der Waals surface area contributed by atoms with Crippen molar-refractivity contribution < 1.29 is 9.53 Å². The van der Waals surface area contributed by atoms with Gasteiger partial charge in [0.25, 0.3) is 0 Å². The minimum atomic E-state index is -0.390. The van der Waals surface area contributed by atoms with Crippen LogP contribution in [0.2, 0.25) is 0 Å². The van der Waals surface area contributed by atoms with E-state index < -0.39 is 0 Å². The molecule has 90 valence electrons. The Morgan fingerprint density at radius 3 is 2.94 bits per heavy atom. The van der Waals surface area contributed by atoms with E-state index in [0.717, 1.165) is 22.1 Å². The molecule has 5 heteroatoms. The van der Waals surface area contributed by atoms with Crippen molar-refractivity contribution in [2.45, 2.75) is 20.4 Å². The average molecular weight is 297 g/mol. The number of halogens is 1. The van der Waals surface area contributed by atoms with Crippen molar-refractivity contribution in [2.75, 3.05) is 6.61 Å². The fourth-order valence-corrected chi connectivity index (χ4v) is 2.21. The van der Waals surface area contributed by atoms with Crippen LogP contribution in [0.15, 0.2) is 22.8 Å². The van der Waals surface area contributed by atoms with Crippen LogP contribution < -0.4 is 0 Å². The van der Waals surface area contributed by atoms with Crippen molar-refractivity contribution in [2.24, 2.45) is 0 Å². The third-order valence-electron chi connectivity index (χ3n) is 2.51. The minimum Gasteiger partial charge on any atom is -0.461 e. The molecule has 2 aromatic heterocycles. The van der Waals surface area contributed by atoms with E-state index in [4.69, 9.17) is 4.74 Å². The average Bonchev–Trinajstić information content (AvgIpc) is 2.72. The molecule has 0 atom stereocenters. The first-order valence-electron chi connectivity index (χ1n) is 5.49. The van der Waals surface area contributed by atoms with Gasteiger partial charge in [-0.2, -0.15) is 0 Å². The number of rotatable bonds is 3. The van der Waals surface area contributed by atoms with Gasteiger partial charge in [-0.05, 0) is 41.9 Å². The summed E-state index contributed by atoms with van der Waals surface area (Å²) < 4.78 is 7.80. The van der Waals surface area contributed by atoms with Crippen molar-refractivity contribution in [3.05, 3.63) is 28.5 Å². The number of carbonyl (C=O) groups is 1. The standard InChI is InChI=1S/C12H13BrN2O2/c1-3-15-6-5-8-9(13)7-10(14-11(8)15)12(16)17-4-2/h5-7H,3-4H2,1-2H3. The fraction of sp³-hybridized carbons (Fsp3) is 0.333. The summed E-state index contributed by atoms with van der Waals surface area (Å²) in [5, 5.41) is 1.000. The summed E-state index contributed by atoms with van der Waals surface area (Å²) in [6, 6.07) is 3.67. The van der Waals surface area contributed by atoms with Crippen LogP contribution in [0.4, 0.5) is 0 Å². The van der Waals surface area contributed by atoms with Crippen LogP contribution in [0.5, 0.6) is 0 Å². The maximum absolute atomic E-state index is 11.6. The van der Waals surface area contributed by atoms with Crippen molar-refractivity contribution in [1.82, 2.24) is 9.55 Å². The third-order valence-corrected chi connectivity index (χ3v) is 3.16.